The first-order valence-electron chi connectivity index (χ1n) is 10.5. The van der Waals surface area contributed by atoms with Gasteiger partial charge in [0.05, 0.1) is 16.8 Å². The molecule has 1 aliphatic heterocycles. The standard InChI is InChI=1S/C20H25N3O4S.C2HF3O2/c1-13-6-8-23(9-7-13)19-17(20(24)25)11-16(12-21-19)22-28(26,27)18-10-14(2)4-5-15(18)3;3-2(4,5)1(6)7/h4-5,10-13,22H,6-9H2,1-3H3,(H,24,25);(H,6,7). The summed E-state index contributed by atoms with van der Waals surface area (Å²) in [4.78, 5) is 27.1. The maximum Gasteiger partial charge on any atom is 0.490 e. The number of hydrogen-bond acceptors (Lipinski definition) is 6. The molecule has 3 rings (SSSR count). The lowest BCUT2D eigenvalue weighted by atomic mass is 9.99. The lowest BCUT2D eigenvalue weighted by Crippen LogP contribution is -2.34. The van der Waals surface area contributed by atoms with Gasteiger partial charge in [-0.15, -0.1) is 0 Å². The number of nitrogens with zero attached hydrogens (tertiary/aromatic N) is 2. The van der Waals surface area contributed by atoms with Crippen LogP contribution >= 0.6 is 0 Å². The third-order valence-corrected chi connectivity index (χ3v) is 6.83. The fourth-order valence-corrected chi connectivity index (χ4v) is 4.71. The third kappa shape index (κ3) is 7.57. The van der Waals surface area contributed by atoms with E-state index in [1.807, 2.05) is 17.9 Å². The van der Waals surface area contributed by atoms with Crippen molar-refractivity contribution in [2.24, 2.45) is 5.92 Å². The molecule has 0 amide bonds. The topological polar surface area (TPSA) is 137 Å². The van der Waals surface area contributed by atoms with Crippen LogP contribution in [-0.2, 0) is 14.8 Å². The number of sulfonamides is 1. The molecule has 2 heterocycles. The van der Waals surface area contributed by atoms with Crippen LogP contribution in [0.3, 0.4) is 0 Å². The molecule has 0 radical (unpaired) electrons. The Labute approximate surface area is 200 Å². The number of benzene rings is 1. The molecule has 0 bridgehead atoms. The zero-order valence-electron chi connectivity index (χ0n) is 19.3. The van der Waals surface area contributed by atoms with Crippen LogP contribution in [0.2, 0.25) is 0 Å². The number of carbonyl (C=O) groups is 2. The Hall–Kier alpha value is -3.35. The van der Waals surface area contributed by atoms with Gasteiger partial charge in [0.15, 0.2) is 0 Å². The summed E-state index contributed by atoms with van der Waals surface area (Å²) in [7, 11) is -3.85. The van der Waals surface area contributed by atoms with Gasteiger partial charge >= 0.3 is 18.1 Å². The summed E-state index contributed by atoms with van der Waals surface area (Å²) >= 11 is 0. The molecule has 1 aromatic carbocycles. The van der Waals surface area contributed by atoms with Crippen molar-refractivity contribution < 1.29 is 41.4 Å². The number of aryl methyl sites for hydroxylation is 2. The van der Waals surface area contributed by atoms with Gasteiger partial charge in [-0.1, -0.05) is 19.1 Å². The molecule has 192 valence electrons. The maximum absolute atomic E-state index is 12.8. The quantitative estimate of drug-likeness (QED) is 0.540. The summed E-state index contributed by atoms with van der Waals surface area (Å²) in [5, 5.41) is 16.7. The normalized spacial score (nSPS) is 14.6. The van der Waals surface area contributed by atoms with E-state index in [0.717, 1.165) is 31.5 Å². The van der Waals surface area contributed by atoms with Gasteiger partial charge in [-0.3, -0.25) is 4.72 Å². The first kappa shape index (κ1) is 27.9. The van der Waals surface area contributed by atoms with E-state index in [4.69, 9.17) is 9.90 Å². The Morgan fingerprint density at radius 2 is 1.69 bits per heavy atom. The van der Waals surface area contributed by atoms with Crippen molar-refractivity contribution >= 4 is 33.5 Å². The van der Waals surface area contributed by atoms with Crippen LogP contribution in [0, 0.1) is 19.8 Å². The Morgan fingerprint density at radius 3 is 2.20 bits per heavy atom. The molecule has 35 heavy (non-hydrogen) atoms. The molecule has 0 saturated carbocycles. The van der Waals surface area contributed by atoms with E-state index in [1.165, 1.54) is 12.3 Å². The number of nitrogens with one attached hydrogen (secondary N) is 1. The van der Waals surface area contributed by atoms with Gasteiger partial charge in [0, 0.05) is 13.1 Å². The number of carboxylic acids is 2. The Balaban J connectivity index is 0.000000540. The van der Waals surface area contributed by atoms with Crippen LogP contribution in [0.5, 0.6) is 0 Å². The summed E-state index contributed by atoms with van der Waals surface area (Å²) in [5.74, 6) is -2.90. The molecule has 0 unspecified atom stereocenters. The smallest absolute Gasteiger partial charge is 0.478 e. The molecule has 1 aromatic heterocycles. The second-order valence-corrected chi connectivity index (χ2v) is 9.90. The van der Waals surface area contributed by atoms with Crippen molar-refractivity contribution in [1.29, 1.82) is 0 Å². The maximum atomic E-state index is 12.8. The summed E-state index contributed by atoms with van der Waals surface area (Å²) < 4.78 is 59.8. The number of aromatic carboxylic acids is 1. The Bertz CT molecular complexity index is 1190. The number of aromatic nitrogens is 1. The van der Waals surface area contributed by atoms with Gasteiger partial charge in [-0.25, -0.2) is 23.0 Å². The number of aliphatic carboxylic acids is 1. The number of alkyl halides is 3. The summed E-state index contributed by atoms with van der Waals surface area (Å²) in [6, 6.07) is 6.51. The Kier molecular flexibility index (Phi) is 8.71. The fourth-order valence-electron chi connectivity index (χ4n) is 3.35. The average Bonchev–Trinajstić information content (AvgIpc) is 2.75. The lowest BCUT2D eigenvalue weighted by Gasteiger charge is -2.32. The predicted octanol–water partition coefficient (Wildman–Crippen LogP) is 4.07. The minimum atomic E-state index is -5.08. The van der Waals surface area contributed by atoms with Crippen LogP contribution in [0.25, 0.3) is 0 Å². The van der Waals surface area contributed by atoms with E-state index in [1.54, 1.807) is 19.1 Å². The van der Waals surface area contributed by atoms with Gasteiger partial charge < -0.3 is 15.1 Å². The SMILES string of the molecule is Cc1ccc(C)c(S(=O)(=O)Nc2cnc(N3CCC(C)CC3)c(C(=O)O)c2)c1.O=C(O)C(F)(F)F. The number of pyridine rings is 1. The number of anilines is 2. The summed E-state index contributed by atoms with van der Waals surface area (Å²) in [6.07, 6.45) is -1.76. The largest absolute Gasteiger partial charge is 0.490 e. The molecule has 1 aliphatic rings. The van der Waals surface area contributed by atoms with Crippen molar-refractivity contribution in [2.75, 3.05) is 22.7 Å². The number of carboxylic acid groups (broad SMARTS) is 2. The van der Waals surface area contributed by atoms with Crippen molar-refractivity contribution in [1.82, 2.24) is 4.98 Å². The zero-order chi connectivity index (χ0) is 26.6. The van der Waals surface area contributed by atoms with Gasteiger partial charge in [0.2, 0.25) is 0 Å². The predicted molar refractivity (Wildman–Crippen MR) is 122 cm³/mol. The zero-order valence-corrected chi connectivity index (χ0v) is 20.1. The molecule has 0 aliphatic carbocycles. The van der Waals surface area contributed by atoms with Gasteiger partial charge in [-0.05, 0) is 55.9 Å². The van der Waals surface area contributed by atoms with E-state index in [-0.39, 0.29) is 16.1 Å². The van der Waals surface area contributed by atoms with Gasteiger partial charge in [-0.2, -0.15) is 13.2 Å². The number of piperidine rings is 1. The number of halogens is 3. The first-order valence-corrected chi connectivity index (χ1v) is 12.0. The molecule has 3 N–H and O–H groups in total. The highest BCUT2D eigenvalue weighted by Gasteiger charge is 2.38. The molecular formula is C22H26F3N3O6S. The number of rotatable bonds is 5. The molecule has 0 spiro atoms. The highest BCUT2D eigenvalue weighted by atomic mass is 32.2. The Morgan fingerprint density at radius 1 is 1.11 bits per heavy atom. The summed E-state index contributed by atoms with van der Waals surface area (Å²) in [5.41, 5.74) is 1.57. The number of hydrogen-bond donors (Lipinski definition) is 3. The highest BCUT2D eigenvalue weighted by molar-refractivity contribution is 7.92. The average molecular weight is 518 g/mol. The summed E-state index contributed by atoms with van der Waals surface area (Å²) in [6.45, 7) is 7.18. The van der Waals surface area contributed by atoms with E-state index in [0.29, 0.717) is 17.3 Å². The third-order valence-electron chi connectivity index (χ3n) is 5.31. The van der Waals surface area contributed by atoms with Crippen LogP contribution in [0.4, 0.5) is 24.7 Å². The monoisotopic (exact) mass is 517 g/mol. The van der Waals surface area contributed by atoms with Crippen molar-refractivity contribution in [3.63, 3.8) is 0 Å². The molecule has 2 aromatic rings. The van der Waals surface area contributed by atoms with E-state index in [2.05, 4.69) is 16.6 Å². The second kappa shape index (κ2) is 10.9. The molecule has 9 nitrogen and oxygen atoms in total. The van der Waals surface area contributed by atoms with Crippen LogP contribution in [0.15, 0.2) is 35.4 Å². The van der Waals surface area contributed by atoms with Crippen LogP contribution in [-0.4, -0.2) is 54.8 Å². The minimum Gasteiger partial charge on any atom is -0.478 e. The minimum absolute atomic E-state index is 0.00397. The molecule has 1 fully saturated rings. The van der Waals surface area contributed by atoms with E-state index >= 15 is 0 Å². The van der Waals surface area contributed by atoms with Gasteiger partial charge in [0.1, 0.15) is 11.4 Å². The van der Waals surface area contributed by atoms with E-state index in [9.17, 15) is 31.5 Å². The molecule has 1 saturated heterocycles. The molecule has 13 heteroatoms. The molecule has 0 atom stereocenters. The van der Waals surface area contributed by atoms with Crippen LogP contribution < -0.4 is 9.62 Å². The highest BCUT2D eigenvalue weighted by Crippen LogP contribution is 2.28. The van der Waals surface area contributed by atoms with Crippen molar-refractivity contribution in [3.05, 3.63) is 47.2 Å². The first-order chi connectivity index (χ1) is 16.1. The van der Waals surface area contributed by atoms with E-state index < -0.39 is 28.1 Å². The van der Waals surface area contributed by atoms with Gasteiger partial charge in [0.25, 0.3) is 10.0 Å². The van der Waals surface area contributed by atoms with Crippen molar-refractivity contribution in [2.45, 2.75) is 44.7 Å². The molecular weight excluding hydrogens is 491 g/mol. The fraction of sp³-hybridized carbons (Fsp3) is 0.409. The van der Waals surface area contributed by atoms with Crippen LogP contribution in [0.1, 0.15) is 41.3 Å². The lowest BCUT2D eigenvalue weighted by molar-refractivity contribution is -0.192. The van der Waals surface area contributed by atoms with Crippen molar-refractivity contribution in [3.8, 4) is 0 Å². The second-order valence-electron chi connectivity index (χ2n) is 8.25.